The van der Waals surface area contributed by atoms with Gasteiger partial charge in [0.15, 0.2) is 0 Å². The van der Waals surface area contributed by atoms with E-state index in [0.29, 0.717) is 12.6 Å². The third kappa shape index (κ3) is 9.28. The Kier molecular flexibility index (Phi) is 6.68. The summed E-state index contributed by atoms with van der Waals surface area (Å²) in [5.41, 5.74) is -0.165. The second kappa shape index (κ2) is 6.98. The van der Waals surface area contributed by atoms with Gasteiger partial charge in [0.05, 0.1) is 0 Å². The summed E-state index contributed by atoms with van der Waals surface area (Å²) in [5.74, 6) is 0. The van der Waals surface area contributed by atoms with Crippen LogP contribution in [0.5, 0.6) is 0 Å². The van der Waals surface area contributed by atoms with Gasteiger partial charge < -0.3 is 15.4 Å². The molecule has 0 fully saturated rings. The highest BCUT2D eigenvalue weighted by molar-refractivity contribution is 5.67. The quantitative estimate of drug-likeness (QED) is 0.745. The van der Waals surface area contributed by atoms with E-state index in [2.05, 4.69) is 38.3 Å². The molecule has 0 saturated heterocycles. The topological polar surface area (TPSA) is 50.4 Å². The highest BCUT2D eigenvalue weighted by atomic mass is 16.6. The summed E-state index contributed by atoms with van der Waals surface area (Å²) in [6.45, 7) is 15.9. The highest BCUT2D eigenvalue weighted by Gasteiger charge is 2.19. The Labute approximate surface area is 112 Å². The predicted octanol–water partition coefficient (Wildman–Crippen LogP) is 2.93. The maximum absolute atomic E-state index is 11.4. The van der Waals surface area contributed by atoms with Crippen molar-refractivity contribution in [2.24, 2.45) is 5.41 Å². The molecule has 0 aliphatic heterocycles. The van der Waals surface area contributed by atoms with Gasteiger partial charge in [-0.25, -0.2) is 4.79 Å². The molecule has 108 valence electrons. The highest BCUT2D eigenvalue weighted by Crippen LogP contribution is 2.18. The first-order valence-electron chi connectivity index (χ1n) is 6.72. The van der Waals surface area contributed by atoms with Gasteiger partial charge >= 0.3 is 6.09 Å². The van der Waals surface area contributed by atoms with E-state index in [1.807, 2.05) is 20.8 Å². The fraction of sp³-hybridized carbons (Fsp3) is 0.929. The third-order valence-corrected chi connectivity index (χ3v) is 2.77. The smallest absolute Gasteiger partial charge is 0.407 e. The molecule has 0 rings (SSSR count). The normalized spacial score (nSPS) is 14.2. The summed E-state index contributed by atoms with van der Waals surface area (Å²) in [7, 11) is 0. The van der Waals surface area contributed by atoms with Gasteiger partial charge in [-0.15, -0.1) is 0 Å². The molecular weight excluding hydrogens is 228 g/mol. The van der Waals surface area contributed by atoms with Crippen LogP contribution in [-0.2, 0) is 4.74 Å². The Morgan fingerprint density at radius 1 is 1.11 bits per heavy atom. The first kappa shape index (κ1) is 17.2. The van der Waals surface area contributed by atoms with E-state index < -0.39 is 5.60 Å². The summed E-state index contributed by atoms with van der Waals surface area (Å²) >= 11 is 0. The minimum Gasteiger partial charge on any atom is -0.444 e. The Hall–Kier alpha value is -0.770. The van der Waals surface area contributed by atoms with Crippen LogP contribution in [0.25, 0.3) is 0 Å². The number of amides is 1. The van der Waals surface area contributed by atoms with Gasteiger partial charge in [0.2, 0.25) is 0 Å². The molecule has 1 unspecified atom stereocenters. The lowest BCUT2D eigenvalue weighted by Crippen LogP contribution is -2.39. The third-order valence-electron chi connectivity index (χ3n) is 2.77. The van der Waals surface area contributed by atoms with E-state index in [4.69, 9.17) is 4.74 Å². The second-order valence-corrected chi connectivity index (χ2v) is 6.82. The van der Waals surface area contributed by atoms with Gasteiger partial charge in [0, 0.05) is 12.6 Å². The summed E-state index contributed by atoms with van der Waals surface area (Å²) in [5, 5.41) is 6.20. The van der Waals surface area contributed by atoms with Crippen molar-refractivity contribution in [3.63, 3.8) is 0 Å². The van der Waals surface area contributed by atoms with Gasteiger partial charge in [0.25, 0.3) is 0 Å². The van der Waals surface area contributed by atoms with Crippen LogP contribution in [0.4, 0.5) is 4.79 Å². The van der Waals surface area contributed by atoms with Crippen LogP contribution < -0.4 is 10.6 Å². The molecule has 18 heavy (non-hydrogen) atoms. The summed E-state index contributed by atoms with van der Waals surface area (Å²) < 4.78 is 5.15. The van der Waals surface area contributed by atoms with Gasteiger partial charge in [-0.2, -0.15) is 0 Å². The van der Waals surface area contributed by atoms with Crippen molar-refractivity contribution >= 4 is 6.09 Å². The molecule has 1 amide bonds. The molecular formula is C14H30N2O2. The Balaban J connectivity index is 3.61. The summed E-state index contributed by atoms with van der Waals surface area (Å²) in [6.07, 6.45) is 0.561. The SMILES string of the molecule is CC(NCCCNC(=O)OC(C)(C)C)C(C)(C)C. The van der Waals surface area contributed by atoms with Crippen molar-refractivity contribution < 1.29 is 9.53 Å². The first-order chi connectivity index (χ1) is 8.02. The van der Waals surface area contributed by atoms with Gasteiger partial charge in [-0.05, 0) is 46.1 Å². The molecule has 0 aliphatic rings. The Morgan fingerprint density at radius 3 is 2.11 bits per heavy atom. The number of carbonyl (C=O) groups excluding carboxylic acids is 1. The Morgan fingerprint density at radius 2 is 1.67 bits per heavy atom. The van der Waals surface area contributed by atoms with E-state index in [0.717, 1.165) is 13.0 Å². The van der Waals surface area contributed by atoms with Crippen molar-refractivity contribution in [2.45, 2.75) is 66.5 Å². The number of alkyl carbamates (subject to hydrolysis) is 1. The van der Waals surface area contributed by atoms with Gasteiger partial charge in [-0.3, -0.25) is 0 Å². The summed E-state index contributed by atoms with van der Waals surface area (Å²) in [6, 6.07) is 0.457. The van der Waals surface area contributed by atoms with E-state index in [1.54, 1.807) is 0 Å². The zero-order valence-electron chi connectivity index (χ0n) is 13.0. The summed E-state index contributed by atoms with van der Waals surface area (Å²) in [4.78, 5) is 11.4. The van der Waals surface area contributed by atoms with Crippen LogP contribution in [0.1, 0.15) is 54.9 Å². The van der Waals surface area contributed by atoms with Crippen LogP contribution in [-0.4, -0.2) is 30.8 Å². The minimum absolute atomic E-state index is 0.262. The van der Waals surface area contributed by atoms with Crippen LogP contribution in [0.2, 0.25) is 0 Å². The molecule has 4 heteroatoms. The molecule has 1 atom stereocenters. The lowest BCUT2D eigenvalue weighted by Gasteiger charge is -2.28. The molecule has 4 nitrogen and oxygen atoms in total. The number of hydrogen-bond donors (Lipinski definition) is 2. The zero-order chi connectivity index (χ0) is 14.4. The number of ether oxygens (including phenoxy) is 1. The van der Waals surface area contributed by atoms with Gasteiger partial charge in [0.1, 0.15) is 5.60 Å². The van der Waals surface area contributed by atoms with Crippen molar-refractivity contribution in [3.8, 4) is 0 Å². The predicted molar refractivity (Wildman–Crippen MR) is 75.8 cm³/mol. The van der Waals surface area contributed by atoms with Crippen LogP contribution in [0, 0.1) is 5.41 Å². The van der Waals surface area contributed by atoms with Crippen LogP contribution in [0.3, 0.4) is 0 Å². The zero-order valence-corrected chi connectivity index (χ0v) is 13.0. The molecule has 0 aliphatic carbocycles. The van der Waals surface area contributed by atoms with Crippen molar-refractivity contribution in [2.75, 3.05) is 13.1 Å². The Bertz CT molecular complexity index is 252. The molecule has 2 N–H and O–H groups in total. The molecule has 0 heterocycles. The maximum Gasteiger partial charge on any atom is 0.407 e. The fourth-order valence-electron chi connectivity index (χ4n) is 1.22. The standard InChI is InChI=1S/C14H30N2O2/c1-11(13(2,3)4)15-9-8-10-16-12(17)18-14(5,6)7/h11,15H,8-10H2,1-7H3,(H,16,17). The van der Waals surface area contributed by atoms with Crippen molar-refractivity contribution in [1.82, 2.24) is 10.6 Å². The number of nitrogens with one attached hydrogen (secondary N) is 2. The molecule has 0 radical (unpaired) electrons. The fourth-order valence-corrected chi connectivity index (χ4v) is 1.22. The molecule has 0 aromatic rings. The van der Waals surface area contributed by atoms with Crippen LogP contribution in [0.15, 0.2) is 0 Å². The van der Waals surface area contributed by atoms with Crippen molar-refractivity contribution in [1.29, 1.82) is 0 Å². The lowest BCUT2D eigenvalue weighted by atomic mass is 9.88. The van der Waals surface area contributed by atoms with E-state index in [-0.39, 0.29) is 11.5 Å². The average molecular weight is 258 g/mol. The largest absolute Gasteiger partial charge is 0.444 e. The molecule has 0 aromatic carbocycles. The average Bonchev–Trinajstić information content (AvgIpc) is 2.12. The number of carbonyl (C=O) groups is 1. The molecule has 0 aromatic heterocycles. The lowest BCUT2D eigenvalue weighted by molar-refractivity contribution is 0.0527. The van der Waals surface area contributed by atoms with Crippen molar-refractivity contribution in [3.05, 3.63) is 0 Å². The van der Waals surface area contributed by atoms with E-state index in [9.17, 15) is 4.79 Å². The number of hydrogen-bond acceptors (Lipinski definition) is 3. The molecule has 0 bridgehead atoms. The first-order valence-corrected chi connectivity index (χ1v) is 6.72. The molecule has 0 spiro atoms. The second-order valence-electron chi connectivity index (χ2n) is 6.82. The van der Waals surface area contributed by atoms with E-state index in [1.165, 1.54) is 0 Å². The van der Waals surface area contributed by atoms with Gasteiger partial charge in [-0.1, -0.05) is 20.8 Å². The van der Waals surface area contributed by atoms with Crippen LogP contribution >= 0.6 is 0 Å². The minimum atomic E-state index is -0.427. The monoisotopic (exact) mass is 258 g/mol. The molecule has 0 saturated carbocycles. The number of rotatable bonds is 5. The van der Waals surface area contributed by atoms with E-state index >= 15 is 0 Å². The maximum atomic E-state index is 11.4.